The third-order valence-corrected chi connectivity index (χ3v) is 4.83. The number of amides is 1. The predicted octanol–water partition coefficient (Wildman–Crippen LogP) is 2.90. The van der Waals surface area contributed by atoms with Gasteiger partial charge in [0.2, 0.25) is 5.91 Å². The molecule has 1 aliphatic heterocycles. The summed E-state index contributed by atoms with van der Waals surface area (Å²) in [6.07, 6.45) is 0.941. The molecule has 1 aliphatic rings. The van der Waals surface area contributed by atoms with E-state index < -0.39 is 22.0 Å². The fourth-order valence-corrected chi connectivity index (χ4v) is 3.40. The fraction of sp³-hybridized carbons (Fsp3) is 0.125. The first-order valence-corrected chi connectivity index (χ1v) is 8.93. The van der Waals surface area contributed by atoms with Crippen LogP contribution < -0.4 is 5.32 Å². The van der Waals surface area contributed by atoms with Crippen molar-refractivity contribution in [3.05, 3.63) is 51.2 Å². The summed E-state index contributed by atoms with van der Waals surface area (Å²) in [6.45, 7) is 0. The number of nitrogens with one attached hydrogen (secondary N) is 1. The first-order valence-electron chi connectivity index (χ1n) is 7.68. The quantitative estimate of drug-likeness (QED) is 0.413. The van der Waals surface area contributed by atoms with Crippen LogP contribution in [-0.4, -0.2) is 38.5 Å². The molecule has 144 valence electrons. The first-order chi connectivity index (χ1) is 13.3. The highest BCUT2D eigenvalue weighted by Gasteiger charge is 2.32. The van der Waals surface area contributed by atoms with Gasteiger partial charge in [-0.25, -0.2) is 0 Å². The zero-order chi connectivity index (χ0) is 20.3. The molecule has 1 aromatic heterocycles. The molecule has 12 heteroatoms. The molecular weight excluding hydrogens is 412 g/mol. The van der Waals surface area contributed by atoms with Crippen LogP contribution >= 0.6 is 23.4 Å². The molecule has 10 nitrogen and oxygen atoms in total. The molecule has 2 N–H and O–H groups in total. The number of thioether (sulfide) groups is 1. The maximum absolute atomic E-state index is 11.6. The average molecular weight is 423 g/mol. The second kappa shape index (κ2) is 8.23. The lowest BCUT2D eigenvalue weighted by atomic mass is 10.1. The molecule has 1 saturated heterocycles. The highest BCUT2D eigenvalue weighted by molar-refractivity contribution is 8.15. The molecule has 28 heavy (non-hydrogen) atoms. The molecule has 0 radical (unpaired) electrons. The van der Waals surface area contributed by atoms with Crippen molar-refractivity contribution in [2.24, 2.45) is 10.2 Å². The first kappa shape index (κ1) is 19.6. The van der Waals surface area contributed by atoms with Crippen LogP contribution in [0.2, 0.25) is 5.02 Å². The van der Waals surface area contributed by atoms with Gasteiger partial charge in [-0.05, 0) is 24.3 Å². The van der Waals surface area contributed by atoms with Gasteiger partial charge >= 0.3 is 5.97 Å². The van der Waals surface area contributed by atoms with E-state index in [0.717, 1.165) is 11.8 Å². The van der Waals surface area contributed by atoms with Gasteiger partial charge in [0.1, 0.15) is 16.8 Å². The van der Waals surface area contributed by atoms with Crippen LogP contribution in [0.25, 0.3) is 11.3 Å². The summed E-state index contributed by atoms with van der Waals surface area (Å²) in [6, 6.07) is 7.31. The van der Waals surface area contributed by atoms with Gasteiger partial charge in [0.25, 0.3) is 5.69 Å². The Morgan fingerprint density at radius 3 is 2.93 bits per heavy atom. The van der Waals surface area contributed by atoms with E-state index in [9.17, 15) is 19.7 Å². The van der Waals surface area contributed by atoms with Gasteiger partial charge in [0.15, 0.2) is 5.17 Å². The van der Waals surface area contributed by atoms with Crippen molar-refractivity contribution in [3.8, 4) is 11.3 Å². The molecule has 1 unspecified atom stereocenters. The van der Waals surface area contributed by atoms with E-state index >= 15 is 0 Å². The Bertz CT molecular complexity index is 1020. The lowest BCUT2D eigenvalue weighted by molar-refractivity contribution is -0.384. The standard InChI is InChI=1S/C16H11ClN4O6S/c17-8-1-3-10(11(5-8)21(25)26)12-4-2-9(27-12)7-18-20-16-19-15(24)13(28-16)6-14(22)23/h1-5,7,13H,6H2,(H,22,23)(H,19,20,24). The number of nitro benzene ring substituents is 1. The number of carbonyl (C=O) groups is 2. The molecule has 1 aromatic carbocycles. The molecule has 1 fully saturated rings. The van der Waals surface area contributed by atoms with Gasteiger partial charge in [-0.2, -0.15) is 5.10 Å². The van der Waals surface area contributed by atoms with Crippen LogP contribution in [0.4, 0.5) is 5.69 Å². The van der Waals surface area contributed by atoms with E-state index in [0.29, 0.717) is 0 Å². The molecule has 0 saturated carbocycles. The van der Waals surface area contributed by atoms with Gasteiger partial charge < -0.3 is 14.8 Å². The predicted molar refractivity (Wildman–Crippen MR) is 103 cm³/mol. The topological polar surface area (TPSA) is 147 Å². The third-order valence-electron chi connectivity index (χ3n) is 3.52. The van der Waals surface area contributed by atoms with E-state index in [-0.39, 0.29) is 39.4 Å². The van der Waals surface area contributed by atoms with Gasteiger partial charge in [0.05, 0.1) is 23.1 Å². The van der Waals surface area contributed by atoms with Crippen molar-refractivity contribution in [3.63, 3.8) is 0 Å². The Labute approximate surface area is 166 Å². The molecule has 3 rings (SSSR count). The van der Waals surface area contributed by atoms with Crippen LogP contribution in [0.1, 0.15) is 12.2 Å². The number of carbonyl (C=O) groups excluding carboxylic acids is 1. The van der Waals surface area contributed by atoms with E-state index in [1.165, 1.54) is 24.4 Å². The Balaban J connectivity index is 1.73. The summed E-state index contributed by atoms with van der Waals surface area (Å²) in [7, 11) is 0. The number of carboxylic acids is 1. The lowest BCUT2D eigenvalue weighted by Gasteiger charge is -2.00. The summed E-state index contributed by atoms with van der Waals surface area (Å²) in [5, 5.41) is 29.6. The summed E-state index contributed by atoms with van der Waals surface area (Å²) in [5.74, 6) is -1.00. The Morgan fingerprint density at radius 1 is 1.43 bits per heavy atom. The Hall–Kier alpha value is -3.18. The minimum atomic E-state index is -1.09. The molecule has 1 atom stereocenters. The van der Waals surface area contributed by atoms with Crippen LogP contribution in [0.5, 0.6) is 0 Å². The average Bonchev–Trinajstić information content (AvgIpc) is 3.21. The summed E-state index contributed by atoms with van der Waals surface area (Å²) < 4.78 is 5.52. The van der Waals surface area contributed by atoms with Crippen LogP contribution in [0, 0.1) is 10.1 Å². The van der Waals surface area contributed by atoms with Crippen molar-refractivity contribution >= 4 is 52.3 Å². The Morgan fingerprint density at radius 2 is 2.21 bits per heavy atom. The summed E-state index contributed by atoms with van der Waals surface area (Å²) in [4.78, 5) is 32.9. The zero-order valence-electron chi connectivity index (χ0n) is 13.9. The Kier molecular flexibility index (Phi) is 5.76. The molecule has 0 bridgehead atoms. The van der Waals surface area contributed by atoms with E-state index in [1.54, 1.807) is 12.1 Å². The number of halogens is 1. The van der Waals surface area contributed by atoms with Crippen molar-refractivity contribution in [2.75, 3.05) is 0 Å². The highest BCUT2D eigenvalue weighted by atomic mass is 35.5. The molecule has 0 spiro atoms. The second-order valence-corrected chi connectivity index (χ2v) is 7.09. The number of benzene rings is 1. The SMILES string of the molecule is O=C(O)CC1S/C(=N/N=Cc2ccc(-c3ccc(Cl)cc3[N+](=O)[O-])o2)NC1=O. The number of hydrogen-bond acceptors (Lipinski definition) is 8. The maximum atomic E-state index is 11.6. The van der Waals surface area contributed by atoms with E-state index in [1.807, 2.05) is 0 Å². The number of rotatable bonds is 6. The van der Waals surface area contributed by atoms with Gasteiger partial charge in [-0.1, -0.05) is 23.4 Å². The molecule has 2 heterocycles. The van der Waals surface area contributed by atoms with Gasteiger partial charge in [0, 0.05) is 11.1 Å². The largest absolute Gasteiger partial charge is 0.481 e. The molecule has 2 aromatic rings. The van der Waals surface area contributed by atoms with Crippen LogP contribution in [0.15, 0.2) is 45.0 Å². The van der Waals surface area contributed by atoms with Crippen molar-refractivity contribution in [1.82, 2.24) is 5.32 Å². The summed E-state index contributed by atoms with van der Waals surface area (Å²) >= 11 is 6.76. The zero-order valence-corrected chi connectivity index (χ0v) is 15.4. The number of hydrogen-bond donors (Lipinski definition) is 2. The molecule has 0 aliphatic carbocycles. The van der Waals surface area contributed by atoms with Gasteiger partial charge in [-0.3, -0.25) is 19.7 Å². The lowest BCUT2D eigenvalue weighted by Crippen LogP contribution is -2.26. The number of amidine groups is 1. The minimum Gasteiger partial charge on any atom is -0.481 e. The normalized spacial score (nSPS) is 18.0. The third kappa shape index (κ3) is 4.56. The fourth-order valence-electron chi connectivity index (χ4n) is 2.31. The number of nitro groups is 1. The number of nitrogens with zero attached hydrogens (tertiary/aromatic N) is 3. The van der Waals surface area contributed by atoms with Crippen molar-refractivity contribution in [1.29, 1.82) is 0 Å². The smallest absolute Gasteiger partial charge is 0.305 e. The molecular formula is C16H11ClN4O6S. The second-order valence-electron chi connectivity index (χ2n) is 5.46. The van der Waals surface area contributed by atoms with E-state index in [2.05, 4.69) is 15.5 Å². The monoisotopic (exact) mass is 422 g/mol. The highest BCUT2D eigenvalue weighted by Crippen LogP contribution is 2.33. The number of aliphatic carboxylic acids is 1. The van der Waals surface area contributed by atoms with Gasteiger partial charge in [-0.15, -0.1) is 5.10 Å². The van der Waals surface area contributed by atoms with Crippen molar-refractivity contribution < 1.29 is 24.0 Å². The number of carboxylic acid groups (broad SMARTS) is 1. The van der Waals surface area contributed by atoms with Crippen LogP contribution in [0.3, 0.4) is 0 Å². The van der Waals surface area contributed by atoms with E-state index in [4.69, 9.17) is 21.1 Å². The number of furan rings is 1. The van der Waals surface area contributed by atoms with Crippen molar-refractivity contribution in [2.45, 2.75) is 11.7 Å². The molecule has 1 amide bonds. The maximum Gasteiger partial charge on any atom is 0.305 e. The van der Waals surface area contributed by atoms with Crippen LogP contribution in [-0.2, 0) is 9.59 Å². The summed E-state index contributed by atoms with van der Waals surface area (Å²) in [5.41, 5.74) is 0.0654. The minimum absolute atomic E-state index is 0.174.